The molecule has 0 aliphatic heterocycles. The highest BCUT2D eigenvalue weighted by Gasteiger charge is 2.16. The first kappa shape index (κ1) is 16.6. The van der Waals surface area contributed by atoms with Crippen LogP contribution in [0.15, 0.2) is 47.5 Å². The van der Waals surface area contributed by atoms with Crippen LogP contribution >= 0.6 is 11.6 Å². The molecule has 0 spiro atoms. The van der Waals surface area contributed by atoms with Gasteiger partial charge in [-0.1, -0.05) is 17.7 Å². The van der Waals surface area contributed by atoms with Gasteiger partial charge in [-0.05, 0) is 29.7 Å². The van der Waals surface area contributed by atoms with Crippen LogP contribution in [-0.2, 0) is 10.1 Å². The Morgan fingerprint density at radius 1 is 1.21 bits per heavy atom. The van der Waals surface area contributed by atoms with Gasteiger partial charge in [-0.25, -0.2) is 4.39 Å². The summed E-state index contributed by atoms with van der Waals surface area (Å²) < 4.78 is 50.8. The zero-order valence-electron chi connectivity index (χ0n) is 12.3. The van der Waals surface area contributed by atoms with Crippen molar-refractivity contribution < 1.29 is 22.1 Å². The van der Waals surface area contributed by atoms with Crippen molar-refractivity contribution in [2.75, 3.05) is 7.11 Å². The summed E-state index contributed by atoms with van der Waals surface area (Å²) in [5.41, 5.74) is 0.784. The molecule has 0 bridgehead atoms. The van der Waals surface area contributed by atoms with E-state index < -0.39 is 15.9 Å². The van der Waals surface area contributed by atoms with E-state index in [-0.39, 0.29) is 9.92 Å². The molecule has 24 heavy (non-hydrogen) atoms. The van der Waals surface area contributed by atoms with E-state index in [9.17, 15) is 12.8 Å². The van der Waals surface area contributed by atoms with Gasteiger partial charge < -0.3 is 4.74 Å². The highest BCUT2D eigenvalue weighted by atomic mass is 35.5. The Kier molecular flexibility index (Phi) is 4.16. The normalized spacial score (nSPS) is 11.7. The molecule has 2 aromatic carbocycles. The van der Waals surface area contributed by atoms with Crippen LogP contribution in [0.1, 0.15) is 0 Å². The van der Waals surface area contributed by atoms with Gasteiger partial charge >= 0.3 is 0 Å². The fourth-order valence-electron chi connectivity index (χ4n) is 2.41. The molecule has 1 aromatic heterocycles. The predicted molar refractivity (Wildman–Crippen MR) is 88.5 cm³/mol. The topological polar surface area (TPSA) is 76.5 Å². The Bertz CT molecular complexity index is 1050. The van der Waals surface area contributed by atoms with Gasteiger partial charge in [0.25, 0.3) is 10.1 Å². The number of methoxy groups -OCH3 is 1. The molecule has 0 fully saturated rings. The maximum absolute atomic E-state index is 13.9. The second-order valence-electron chi connectivity index (χ2n) is 4.98. The molecule has 1 heterocycles. The summed E-state index contributed by atoms with van der Waals surface area (Å²) in [6.45, 7) is 0. The number of halogens is 2. The van der Waals surface area contributed by atoms with Crippen molar-refractivity contribution in [2.45, 2.75) is 4.90 Å². The van der Waals surface area contributed by atoms with Gasteiger partial charge in [-0.2, -0.15) is 8.42 Å². The van der Waals surface area contributed by atoms with Gasteiger partial charge in [-0.15, -0.1) is 0 Å². The molecule has 0 radical (unpaired) electrons. The lowest BCUT2D eigenvalue weighted by Crippen LogP contribution is -1.98. The molecular formula is C16H11ClFNO4S. The number of rotatable bonds is 3. The van der Waals surface area contributed by atoms with E-state index in [1.807, 2.05) is 0 Å². The average Bonchev–Trinajstić information content (AvgIpc) is 2.55. The van der Waals surface area contributed by atoms with E-state index in [1.165, 1.54) is 43.6 Å². The molecule has 0 atom stereocenters. The van der Waals surface area contributed by atoms with Crippen LogP contribution in [0.4, 0.5) is 4.39 Å². The first-order valence-electron chi connectivity index (χ1n) is 6.71. The Labute approximate surface area is 142 Å². The summed E-state index contributed by atoms with van der Waals surface area (Å²) in [4.78, 5) is 4.01. The highest BCUT2D eigenvalue weighted by molar-refractivity contribution is 7.85. The van der Waals surface area contributed by atoms with E-state index in [4.69, 9.17) is 20.9 Å². The molecule has 0 saturated heterocycles. The monoisotopic (exact) mass is 367 g/mol. The first-order chi connectivity index (χ1) is 11.3. The zero-order valence-corrected chi connectivity index (χ0v) is 13.9. The van der Waals surface area contributed by atoms with Crippen molar-refractivity contribution >= 4 is 32.5 Å². The van der Waals surface area contributed by atoms with Crippen LogP contribution in [0.2, 0.25) is 5.02 Å². The van der Waals surface area contributed by atoms with Crippen molar-refractivity contribution in [1.82, 2.24) is 4.98 Å². The lowest BCUT2D eigenvalue weighted by atomic mass is 10.0. The molecule has 5 nitrogen and oxygen atoms in total. The second-order valence-corrected chi connectivity index (χ2v) is 6.81. The third-order valence-electron chi connectivity index (χ3n) is 3.53. The fraction of sp³-hybridized carbons (Fsp3) is 0.0625. The van der Waals surface area contributed by atoms with E-state index in [0.29, 0.717) is 27.8 Å². The summed E-state index contributed by atoms with van der Waals surface area (Å²) >= 11 is 5.77. The fourth-order valence-corrected chi connectivity index (χ4v) is 3.08. The molecule has 0 amide bonds. The molecule has 8 heteroatoms. The maximum atomic E-state index is 13.9. The summed E-state index contributed by atoms with van der Waals surface area (Å²) in [5, 5.41) is 1.02. The van der Waals surface area contributed by atoms with Crippen LogP contribution in [0.5, 0.6) is 5.75 Å². The zero-order chi connectivity index (χ0) is 17.5. The molecule has 0 saturated carbocycles. The predicted octanol–water partition coefficient (Wildman–Crippen LogP) is 3.95. The summed E-state index contributed by atoms with van der Waals surface area (Å²) in [7, 11) is -2.89. The second kappa shape index (κ2) is 6.01. The van der Waals surface area contributed by atoms with Gasteiger partial charge in [0.1, 0.15) is 11.6 Å². The van der Waals surface area contributed by atoms with Crippen molar-refractivity contribution in [3.8, 4) is 17.0 Å². The Balaban J connectivity index is 2.30. The molecule has 3 aromatic rings. The smallest absolute Gasteiger partial charge is 0.294 e. The minimum atomic E-state index is -4.32. The van der Waals surface area contributed by atoms with Crippen molar-refractivity contribution in [3.05, 3.63) is 53.4 Å². The minimum Gasteiger partial charge on any atom is -0.496 e. The Hall–Kier alpha value is -2.22. The van der Waals surface area contributed by atoms with Crippen LogP contribution in [-0.4, -0.2) is 25.1 Å². The van der Waals surface area contributed by atoms with E-state index >= 15 is 0 Å². The molecule has 0 aliphatic carbocycles. The van der Waals surface area contributed by atoms with Gasteiger partial charge in [0.15, 0.2) is 0 Å². The molecule has 3 rings (SSSR count). The largest absolute Gasteiger partial charge is 0.496 e. The third-order valence-corrected chi connectivity index (χ3v) is 4.67. The lowest BCUT2D eigenvalue weighted by Gasteiger charge is -2.12. The minimum absolute atomic E-state index is 0.0792. The number of pyridine rings is 1. The summed E-state index contributed by atoms with van der Waals surface area (Å²) in [5.74, 6) is -0.291. The van der Waals surface area contributed by atoms with E-state index in [2.05, 4.69) is 4.98 Å². The quantitative estimate of drug-likeness (QED) is 0.709. The van der Waals surface area contributed by atoms with Gasteiger partial charge in [-0.3, -0.25) is 9.54 Å². The molecule has 0 aliphatic rings. The van der Waals surface area contributed by atoms with Crippen LogP contribution < -0.4 is 4.74 Å². The number of benzene rings is 2. The van der Waals surface area contributed by atoms with Crippen molar-refractivity contribution in [2.24, 2.45) is 0 Å². The number of fused-ring (bicyclic) bond motifs is 1. The van der Waals surface area contributed by atoms with Crippen molar-refractivity contribution in [3.63, 3.8) is 0 Å². The van der Waals surface area contributed by atoms with E-state index in [1.54, 1.807) is 6.07 Å². The third kappa shape index (κ3) is 2.93. The molecule has 124 valence electrons. The SMILES string of the molecule is COc1cc(Cl)c(F)cc1-c1nccc2cc(S(=O)(=O)O)ccc12. The molecule has 1 N–H and O–H groups in total. The lowest BCUT2D eigenvalue weighted by molar-refractivity contribution is 0.415. The van der Waals surface area contributed by atoms with Crippen LogP contribution in [0, 0.1) is 5.82 Å². The highest BCUT2D eigenvalue weighted by Crippen LogP contribution is 2.36. The number of aromatic nitrogens is 1. The Morgan fingerprint density at radius 3 is 2.62 bits per heavy atom. The number of hydrogen-bond donors (Lipinski definition) is 1. The van der Waals surface area contributed by atoms with E-state index in [0.717, 1.165) is 0 Å². The van der Waals surface area contributed by atoms with Gasteiger partial charge in [0.05, 0.1) is 22.7 Å². The summed E-state index contributed by atoms with van der Waals surface area (Å²) in [6.07, 6.45) is 1.46. The molecule has 0 unspecified atom stereocenters. The number of hydrogen-bond acceptors (Lipinski definition) is 4. The average molecular weight is 368 g/mol. The van der Waals surface area contributed by atoms with Crippen LogP contribution in [0.25, 0.3) is 22.0 Å². The first-order valence-corrected chi connectivity index (χ1v) is 8.52. The standard InChI is InChI=1S/C16H11ClFNO4S/c1-23-15-8-13(17)14(18)7-12(15)16-11-3-2-10(24(20,21)22)6-9(11)4-5-19-16/h2-8H,1H3,(H,20,21,22). The van der Waals surface area contributed by atoms with Crippen molar-refractivity contribution in [1.29, 1.82) is 0 Å². The summed E-state index contributed by atoms with van der Waals surface area (Å²) in [6, 6.07) is 8.20. The Morgan fingerprint density at radius 2 is 1.96 bits per heavy atom. The number of nitrogens with zero attached hydrogens (tertiary/aromatic N) is 1. The maximum Gasteiger partial charge on any atom is 0.294 e. The van der Waals surface area contributed by atoms with Gasteiger partial charge in [0, 0.05) is 23.2 Å². The van der Waals surface area contributed by atoms with Gasteiger partial charge in [0.2, 0.25) is 0 Å². The molecular weight excluding hydrogens is 357 g/mol. The van der Waals surface area contributed by atoms with Crippen LogP contribution in [0.3, 0.4) is 0 Å². The number of ether oxygens (including phenoxy) is 1.